The van der Waals surface area contributed by atoms with Crippen LogP contribution in [0, 0.1) is 0 Å². The first kappa shape index (κ1) is 13.7. The summed E-state index contributed by atoms with van der Waals surface area (Å²) < 4.78 is 0. The van der Waals surface area contributed by atoms with Crippen molar-refractivity contribution in [2.24, 2.45) is 0 Å². The number of hydrogen-bond donors (Lipinski definition) is 1. The molecule has 3 aromatic rings. The summed E-state index contributed by atoms with van der Waals surface area (Å²) >= 11 is 6.02. The number of carbonyl (C=O) groups excluding carboxylic acids is 1. The fourth-order valence-electron chi connectivity index (χ4n) is 2.41. The molecule has 0 heterocycles. The van der Waals surface area contributed by atoms with Gasteiger partial charge in [-0.3, -0.25) is 4.79 Å². The maximum atomic E-state index is 12.7. The molecule has 0 saturated heterocycles. The van der Waals surface area contributed by atoms with Crippen LogP contribution in [0.25, 0.3) is 10.8 Å². The van der Waals surface area contributed by atoms with E-state index in [9.17, 15) is 4.79 Å². The van der Waals surface area contributed by atoms with Crippen molar-refractivity contribution in [1.29, 1.82) is 0 Å². The van der Waals surface area contributed by atoms with Gasteiger partial charge in [0.2, 0.25) is 0 Å². The summed E-state index contributed by atoms with van der Waals surface area (Å²) in [5.41, 5.74) is 2.02. The van der Waals surface area contributed by atoms with E-state index in [0.717, 1.165) is 16.5 Å². The van der Waals surface area contributed by atoms with Gasteiger partial charge >= 0.3 is 0 Å². The Morgan fingerprint density at radius 1 is 0.952 bits per heavy atom. The van der Waals surface area contributed by atoms with E-state index in [0.29, 0.717) is 16.1 Å². The molecule has 1 N–H and O–H groups in total. The zero-order chi connectivity index (χ0) is 14.8. The average Bonchev–Trinajstić information content (AvgIpc) is 2.53. The number of fused-ring (bicyclic) bond motifs is 1. The number of benzene rings is 3. The van der Waals surface area contributed by atoms with Gasteiger partial charge in [-0.25, -0.2) is 0 Å². The lowest BCUT2D eigenvalue weighted by Crippen LogP contribution is -2.05. The van der Waals surface area contributed by atoms with Crippen LogP contribution in [0.4, 0.5) is 5.69 Å². The van der Waals surface area contributed by atoms with E-state index in [1.54, 1.807) is 19.2 Å². The Balaban J connectivity index is 2.10. The van der Waals surface area contributed by atoms with Crippen molar-refractivity contribution in [2.45, 2.75) is 0 Å². The number of halogens is 1. The maximum absolute atomic E-state index is 12.7. The fourth-order valence-corrected chi connectivity index (χ4v) is 2.58. The molecule has 0 aliphatic rings. The molecule has 21 heavy (non-hydrogen) atoms. The second-order valence-electron chi connectivity index (χ2n) is 4.83. The number of anilines is 1. The van der Waals surface area contributed by atoms with E-state index in [2.05, 4.69) is 5.32 Å². The predicted molar refractivity (Wildman–Crippen MR) is 88.4 cm³/mol. The Hall–Kier alpha value is -2.32. The number of nitrogens with one attached hydrogen (secondary N) is 1. The third-order valence-corrected chi connectivity index (χ3v) is 3.74. The summed E-state index contributed by atoms with van der Waals surface area (Å²) in [6.45, 7) is 0. The zero-order valence-electron chi connectivity index (χ0n) is 11.6. The van der Waals surface area contributed by atoms with Gasteiger partial charge in [0.25, 0.3) is 0 Å². The van der Waals surface area contributed by atoms with E-state index < -0.39 is 0 Å². The van der Waals surface area contributed by atoms with Gasteiger partial charge in [-0.2, -0.15) is 0 Å². The third-order valence-electron chi connectivity index (χ3n) is 3.51. The maximum Gasteiger partial charge on any atom is 0.195 e. The van der Waals surface area contributed by atoms with Crippen molar-refractivity contribution in [2.75, 3.05) is 12.4 Å². The first-order chi connectivity index (χ1) is 10.2. The highest BCUT2D eigenvalue weighted by Gasteiger charge is 2.14. The summed E-state index contributed by atoms with van der Waals surface area (Å²) in [5.74, 6) is -0.0346. The van der Waals surface area contributed by atoms with E-state index in [-0.39, 0.29) is 5.78 Å². The highest BCUT2D eigenvalue weighted by Crippen LogP contribution is 2.25. The van der Waals surface area contributed by atoms with Crippen molar-refractivity contribution in [3.63, 3.8) is 0 Å². The van der Waals surface area contributed by atoms with E-state index in [4.69, 9.17) is 11.6 Å². The quantitative estimate of drug-likeness (QED) is 0.705. The zero-order valence-corrected chi connectivity index (χ0v) is 12.3. The normalized spacial score (nSPS) is 10.6. The minimum absolute atomic E-state index is 0.0346. The molecule has 0 bridgehead atoms. The van der Waals surface area contributed by atoms with Crippen molar-refractivity contribution in [3.8, 4) is 0 Å². The first-order valence-electron chi connectivity index (χ1n) is 6.70. The molecule has 0 radical (unpaired) electrons. The molecular weight excluding hydrogens is 282 g/mol. The van der Waals surface area contributed by atoms with Crippen LogP contribution in [0.2, 0.25) is 5.02 Å². The Bertz CT molecular complexity index is 826. The van der Waals surface area contributed by atoms with Crippen molar-refractivity contribution in [1.82, 2.24) is 0 Å². The lowest BCUT2D eigenvalue weighted by atomic mass is 9.99. The summed E-state index contributed by atoms with van der Waals surface area (Å²) in [6.07, 6.45) is 0. The lowest BCUT2D eigenvalue weighted by molar-refractivity contribution is 0.103. The highest BCUT2D eigenvalue weighted by atomic mass is 35.5. The Labute approximate surface area is 128 Å². The predicted octanol–water partition coefficient (Wildman–Crippen LogP) is 4.77. The second-order valence-corrected chi connectivity index (χ2v) is 5.27. The molecule has 104 valence electrons. The molecule has 0 aliphatic carbocycles. The van der Waals surface area contributed by atoms with Gasteiger partial charge in [-0.05, 0) is 35.0 Å². The summed E-state index contributed by atoms with van der Waals surface area (Å²) in [6, 6.07) is 19.0. The Kier molecular flexibility index (Phi) is 3.63. The molecule has 0 spiro atoms. The van der Waals surface area contributed by atoms with Crippen molar-refractivity contribution in [3.05, 3.63) is 76.8 Å². The second kappa shape index (κ2) is 5.58. The minimum atomic E-state index is -0.0346. The molecule has 0 fully saturated rings. The standard InChI is InChI=1S/C18H14ClNO/c1-20-17-9-8-15(19)11-16(17)18(21)14-7-6-12-4-2-3-5-13(12)10-14/h2-11,20H,1H3. The molecule has 0 aliphatic heterocycles. The summed E-state index contributed by atoms with van der Waals surface area (Å²) in [7, 11) is 1.79. The van der Waals surface area contributed by atoms with E-state index in [1.807, 2.05) is 48.5 Å². The van der Waals surface area contributed by atoms with Crippen LogP contribution < -0.4 is 5.32 Å². The molecule has 3 rings (SSSR count). The van der Waals surface area contributed by atoms with Crippen LogP contribution in [-0.2, 0) is 0 Å². The summed E-state index contributed by atoms with van der Waals surface area (Å²) in [5, 5.41) is 5.76. The number of rotatable bonds is 3. The van der Waals surface area contributed by atoms with Gasteiger partial charge in [-0.1, -0.05) is 48.0 Å². The highest BCUT2D eigenvalue weighted by molar-refractivity contribution is 6.31. The van der Waals surface area contributed by atoms with Crippen molar-refractivity contribution < 1.29 is 4.79 Å². The molecule has 0 saturated carbocycles. The van der Waals surface area contributed by atoms with Gasteiger partial charge in [0.1, 0.15) is 0 Å². The Morgan fingerprint density at radius 3 is 2.48 bits per heavy atom. The van der Waals surface area contributed by atoms with Gasteiger partial charge in [0.15, 0.2) is 5.78 Å². The van der Waals surface area contributed by atoms with Gasteiger partial charge in [-0.15, -0.1) is 0 Å². The molecule has 0 amide bonds. The topological polar surface area (TPSA) is 29.1 Å². The molecule has 3 aromatic carbocycles. The fraction of sp³-hybridized carbons (Fsp3) is 0.0556. The monoisotopic (exact) mass is 295 g/mol. The summed E-state index contributed by atoms with van der Waals surface area (Å²) in [4.78, 5) is 12.7. The van der Waals surface area contributed by atoms with Crippen LogP contribution in [0.5, 0.6) is 0 Å². The van der Waals surface area contributed by atoms with Crippen LogP contribution in [0.1, 0.15) is 15.9 Å². The third kappa shape index (κ3) is 2.63. The number of carbonyl (C=O) groups is 1. The van der Waals surface area contributed by atoms with Crippen LogP contribution in [-0.4, -0.2) is 12.8 Å². The molecule has 3 heteroatoms. The lowest BCUT2D eigenvalue weighted by Gasteiger charge is -2.09. The molecular formula is C18H14ClNO. The number of ketones is 1. The van der Waals surface area contributed by atoms with Gasteiger partial charge < -0.3 is 5.32 Å². The van der Waals surface area contributed by atoms with Gasteiger partial charge in [0.05, 0.1) is 0 Å². The smallest absolute Gasteiger partial charge is 0.195 e. The van der Waals surface area contributed by atoms with E-state index in [1.165, 1.54) is 0 Å². The Morgan fingerprint density at radius 2 is 1.71 bits per heavy atom. The largest absolute Gasteiger partial charge is 0.388 e. The van der Waals surface area contributed by atoms with E-state index >= 15 is 0 Å². The first-order valence-corrected chi connectivity index (χ1v) is 7.07. The average molecular weight is 296 g/mol. The molecule has 2 nitrogen and oxygen atoms in total. The van der Waals surface area contributed by atoms with Crippen LogP contribution in [0.3, 0.4) is 0 Å². The molecule has 0 aromatic heterocycles. The van der Waals surface area contributed by atoms with Gasteiger partial charge in [0, 0.05) is 28.9 Å². The number of hydrogen-bond acceptors (Lipinski definition) is 2. The van der Waals surface area contributed by atoms with Crippen LogP contribution >= 0.6 is 11.6 Å². The van der Waals surface area contributed by atoms with Crippen molar-refractivity contribution >= 4 is 33.8 Å². The molecule has 0 unspecified atom stereocenters. The minimum Gasteiger partial charge on any atom is -0.388 e. The molecule has 0 atom stereocenters. The SMILES string of the molecule is CNc1ccc(Cl)cc1C(=O)c1ccc2ccccc2c1. The van der Waals surface area contributed by atoms with Crippen LogP contribution in [0.15, 0.2) is 60.7 Å².